The van der Waals surface area contributed by atoms with Crippen LogP contribution in [0.1, 0.15) is 24.5 Å². The van der Waals surface area contributed by atoms with Crippen LogP contribution >= 0.6 is 0 Å². The third-order valence-corrected chi connectivity index (χ3v) is 8.81. The molecule has 0 spiro atoms. The topological polar surface area (TPSA) is 40.0 Å². The predicted molar refractivity (Wildman–Crippen MR) is 165 cm³/mol. The number of piperazine rings is 3. The molecule has 0 unspecified atom stereocenters. The summed E-state index contributed by atoms with van der Waals surface area (Å²) in [6, 6.07) is 29.7. The average molecular weight is 550 g/mol. The molecule has 212 valence electrons. The lowest BCUT2D eigenvalue weighted by molar-refractivity contribution is -0.939. The van der Waals surface area contributed by atoms with E-state index in [1.807, 2.05) is 0 Å². The Bertz CT molecular complexity index is 1330. The second-order valence-corrected chi connectivity index (χ2v) is 11.6. The SMILES string of the molecule is CCCN(CC[N+]12CCN(CC1)CC2)c1ccc(/N=N/c2n(Cc3ccccc3)cc[n+]2Cc2ccccc2)cc1. The van der Waals surface area contributed by atoms with Crippen LogP contribution in [0.25, 0.3) is 0 Å². The molecule has 7 nitrogen and oxygen atoms in total. The summed E-state index contributed by atoms with van der Waals surface area (Å²) < 4.78 is 5.65. The average Bonchev–Trinajstić information content (AvgIpc) is 3.40. The minimum Gasteiger partial charge on any atom is -0.366 e. The summed E-state index contributed by atoms with van der Waals surface area (Å²) >= 11 is 0. The van der Waals surface area contributed by atoms with E-state index in [-0.39, 0.29) is 0 Å². The maximum atomic E-state index is 4.79. The van der Waals surface area contributed by atoms with Gasteiger partial charge in [-0.05, 0) is 41.8 Å². The van der Waals surface area contributed by atoms with Crippen LogP contribution in [0.5, 0.6) is 0 Å². The number of azo groups is 1. The lowest BCUT2D eigenvalue weighted by Crippen LogP contribution is -2.68. The molecule has 7 heteroatoms. The van der Waals surface area contributed by atoms with Crippen LogP contribution in [0.15, 0.2) is 108 Å². The zero-order valence-corrected chi connectivity index (χ0v) is 24.4. The molecule has 3 aromatic carbocycles. The Balaban J connectivity index is 1.18. The van der Waals surface area contributed by atoms with Gasteiger partial charge in [-0.2, -0.15) is 0 Å². The van der Waals surface area contributed by atoms with E-state index >= 15 is 0 Å². The van der Waals surface area contributed by atoms with Crippen LogP contribution in [-0.2, 0) is 13.1 Å². The van der Waals surface area contributed by atoms with Gasteiger partial charge in [0.15, 0.2) is 0 Å². The first-order valence-corrected chi connectivity index (χ1v) is 15.2. The summed E-state index contributed by atoms with van der Waals surface area (Å²) in [5.74, 6) is 0.838. The Morgan fingerprint density at radius 2 is 1.44 bits per heavy atom. The van der Waals surface area contributed by atoms with Crippen molar-refractivity contribution in [2.45, 2.75) is 26.4 Å². The molecule has 4 heterocycles. The van der Waals surface area contributed by atoms with E-state index in [1.54, 1.807) is 0 Å². The van der Waals surface area contributed by atoms with Crippen LogP contribution in [0.4, 0.5) is 17.3 Å². The van der Waals surface area contributed by atoms with Crippen molar-refractivity contribution >= 4 is 17.3 Å². The predicted octanol–water partition coefficient (Wildman–Crippen LogP) is 5.65. The van der Waals surface area contributed by atoms with Gasteiger partial charge in [0.1, 0.15) is 5.69 Å². The fraction of sp³-hybridized carbons (Fsp3) is 0.382. The Kier molecular flexibility index (Phi) is 8.54. The third-order valence-electron chi connectivity index (χ3n) is 8.81. The van der Waals surface area contributed by atoms with Crippen molar-refractivity contribution in [1.82, 2.24) is 9.47 Å². The highest BCUT2D eigenvalue weighted by Gasteiger charge is 2.38. The molecule has 3 saturated heterocycles. The number of hydrogen-bond donors (Lipinski definition) is 0. The van der Waals surface area contributed by atoms with Crippen LogP contribution in [0, 0.1) is 0 Å². The largest absolute Gasteiger partial charge is 0.422 e. The molecule has 4 aromatic rings. The molecule has 7 rings (SSSR count). The Morgan fingerprint density at radius 1 is 0.780 bits per heavy atom. The molecule has 0 aliphatic carbocycles. The zero-order valence-electron chi connectivity index (χ0n) is 24.4. The number of fused-ring (bicyclic) bond motifs is 3. The number of nitrogens with zero attached hydrogens (tertiary/aromatic N) is 7. The minimum atomic E-state index is 0.750. The molecule has 3 aliphatic heterocycles. The molecule has 0 amide bonds. The molecular weight excluding hydrogens is 506 g/mol. The summed E-state index contributed by atoms with van der Waals surface area (Å²) in [4.78, 5) is 5.19. The Labute approximate surface area is 244 Å². The van der Waals surface area contributed by atoms with Crippen LogP contribution < -0.4 is 9.47 Å². The molecule has 3 aliphatic rings. The van der Waals surface area contributed by atoms with Gasteiger partial charge >= 0.3 is 5.95 Å². The van der Waals surface area contributed by atoms with Crippen molar-refractivity contribution in [3.8, 4) is 0 Å². The van der Waals surface area contributed by atoms with Crippen molar-refractivity contribution in [3.05, 3.63) is 108 Å². The smallest absolute Gasteiger partial charge is 0.366 e. The van der Waals surface area contributed by atoms with Gasteiger partial charge in [0.25, 0.3) is 0 Å². The zero-order chi connectivity index (χ0) is 27.9. The second-order valence-electron chi connectivity index (χ2n) is 11.6. The maximum absolute atomic E-state index is 4.79. The molecule has 2 bridgehead atoms. The number of quaternary nitrogens is 1. The lowest BCUT2D eigenvalue weighted by atomic mass is 10.1. The monoisotopic (exact) mass is 549 g/mol. The number of rotatable bonds is 12. The van der Waals surface area contributed by atoms with Gasteiger partial charge in [-0.25, -0.2) is 9.13 Å². The highest BCUT2D eigenvalue weighted by atomic mass is 15.5. The summed E-state index contributed by atoms with van der Waals surface area (Å²) in [6.07, 6.45) is 5.35. The van der Waals surface area contributed by atoms with Gasteiger partial charge in [-0.3, -0.25) is 4.90 Å². The van der Waals surface area contributed by atoms with E-state index in [0.717, 1.165) is 44.2 Å². The summed E-state index contributed by atoms with van der Waals surface area (Å²) in [7, 11) is 0. The number of aromatic nitrogens is 2. The van der Waals surface area contributed by atoms with Crippen LogP contribution in [-0.4, -0.2) is 72.9 Å². The highest BCUT2D eigenvalue weighted by molar-refractivity contribution is 5.52. The minimum absolute atomic E-state index is 0.750. The Morgan fingerprint density at radius 3 is 2.10 bits per heavy atom. The molecule has 0 N–H and O–H groups in total. The van der Waals surface area contributed by atoms with E-state index in [2.05, 4.69) is 123 Å². The standard InChI is InChI=1S/C34H43N7/c1-2-17-38(23-27-41-24-20-37(21-25-41)22-26-41)33-15-13-32(14-16-33)35-36-34-39(28-30-9-5-3-6-10-30)18-19-40(34)29-31-11-7-4-8-12-31/h3-16,18-19H,2,17,20-29H2,1H3/q+2. The van der Waals surface area contributed by atoms with Crippen LogP contribution in [0.3, 0.4) is 0 Å². The van der Waals surface area contributed by atoms with E-state index in [9.17, 15) is 0 Å². The van der Waals surface area contributed by atoms with Crippen molar-refractivity contribution in [2.24, 2.45) is 10.2 Å². The van der Waals surface area contributed by atoms with Crippen molar-refractivity contribution < 1.29 is 9.05 Å². The molecule has 0 radical (unpaired) electrons. The first-order valence-electron chi connectivity index (χ1n) is 15.2. The molecule has 0 saturated carbocycles. The van der Waals surface area contributed by atoms with E-state index in [4.69, 9.17) is 10.2 Å². The fourth-order valence-electron chi connectivity index (χ4n) is 6.25. The van der Waals surface area contributed by atoms with Crippen molar-refractivity contribution in [2.75, 3.05) is 63.8 Å². The maximum Gasteiger partial charge on any atom is 0.422 e. The fourth-order valence-corrected chi connectivity index (χ4v) is 6.25. The first-order chi connectivity index (χ1) is 20.2. The van der Waals surface area contributed by atoms with Gasteiger partial charge in [-0.15, -0.1) is 0 Å². The van der Waals surface area contributed by atoms with Crippen LogP contribution in [0.2, 0.25) is 0 Å². The van der Waals surface area contributed by atoms with Crippen molar-refractivity contribution in [1.29, 1.82) is 0 Å². The summed E-state index contributed by atoms with van der Waals surface area (Å²) in [5.41, 5.74) is 4.64. The second kappa shape index (κ2) is 12.8. The first kappa shape index (κ1) is 27.4. The number of anilines is 1. The molecule has 0 atom stereocenters. The Hall–Kier alpha value is -3.81. The quantitative estimate of drug-likeness (QED) is 0.130. The van der Waals surface area contributed by atoms with Gasteiger partial charge in [0.05, 0.1) is 58.2 Å². The highest BCUT2D eigenvalue weighted by Crippen LogP contribution is 2.24. The summed E-state index contributed by atoms with van der Waals surface area (Å²) in [5, 5.41) is 9.50. The van der Waals surface area contributed by atoms with Gasteiger partial charge < -0.3 is 9.38 Å². The van der Waals surface area contributed by atoms with E-state index in [0.29, 0.717) is 0 Å². The van der Waals surface area contributed by atoms with E-state index < -0.39 is 0 Å². The van der Waals surface area contributed by atoms with Gasteiger partial charge in [0.2, 0.25) is 0 Å². The normalized spacial score (nSPS) is 20.1. The molecule has 1 aromatic heterocycles. The van der Waals surface area contributed by atoms with Gasteiger partial charge in [0, 0.05) is 37.0 Å². The number of benzene rings is 3. The summed E-state index contributed by atoms with van der Waals surface area (Å²) in [6.45, 7) is 15.0. The lowest BCUT2D eigenvalue weighted by Gasteiger charge is -2.51. The van der Waals surface area contributed by atoms with Gasteiger partial charge in [-0.1, -0.05) is 72.7 Å². The molecule has 41 heavy (non-hydrogen) atoms. The molecule has 3 fully saturated rings. The number of imidazole rings is 1. The third kappa shape index (κ3) is 6.75. The van der Waals surface area contributed by atoms with E-state index in [1.165, 1.54) is 67.1 Å². The molecular formula is C34H43N7+2. The number of hydrogen-bond acceptors (Lipinski definition) is 4. The van der Waals surface area contributed by atoms with Crippen molar-refractivity contribution in [3.63, 3.8) is 0 Å².